The molecule has 4 aromatic rings. The lowest BCUT2D eigenvalue weighted by atomic mass is 10.1. The zero-order valence-electron chi connectivity index (χ0n) is 21.4. The van der Waals surface area contributed by atoms with Crippen molar-refractivity contribution < 1.29 is 14.3 Å². The number of nitrogens with two attached hydrogens (primary N) is 1. The summed E-state index contributed by atoms with van der Waals surface area (Å²) >= 11 is 6.67. The smallest absolute Gasteiger partial charge is 0.293 e. The fraction of sp³-hybridized carbons (Fsp3) is 0.188. The van der Waals surface area contributed by atoms with Crippen LogP contribution in [0.25, 0.3) is 0 Å². The monoisotopic (exact) mass is 648 g/mol. The molecule has 0 aromatic heterocycles. The Morgan fingerprint density at radius 3 is 1.59 bits per heavy atom. The van der Waals surface area contributed by atoms with E-state index in [9.17, 15) is 9.59 Å². The average Bonchev–Trinajstić information content (AvgIpc) is 3.57. The lowest BCUT2D eigenvalue weighted by molar-refractivity contribution is -0.133. The number of fused-ring (bicyclic) bond motifs is 2. The predicted molar refractivity (Wildman–Crippen MR) is 163 cm³/mol. The van der Waals surface area contributed by atoms with Crippen LogP contribution in [0.1, 0.15) is 22.3 Å². The summed E-state index contributed by atoms with van der Waals surface area (Å²) in [5.41, 5.74) is 12.3. The quantitative estimate of drug-likeness (QED) is 0.182. The Kier molecular flexibility index (Phi) is 10.3. The number of ether oxygens (including phenoxy) is 1. The maximum absolute atomic E-state index is 12.2. The van der Waals surface area contributed by atoms with Crippen molar-refractivity contribution in [2.45, 2.75) is 31.8 Å². The summed E-state index contributed by atoms with van der Waals surface area (Å²) in [6.45, 7) is 0.538. The minimum atomic E-state index is 0.0565. The maximum atomic E-state index is 12.2. The molecule has 7 heteroatoms. The molecular formula is C32H30Br2N2O3. The van der Waals surface area contributed by atoms with Crippen molar-refractivity contribution in [3.63, 3.8) is 0 Å². The first-order valence-electron chi connectivity index (χ1n) is 12.7. The molecule has 4 aromatic carbocycles. The second-order valence-electron chi connectivity index (χ2n) is 9.45. The van der Waals surface area contributed by atoms with E-state index in [0.717, 1.165) is 46.0 Å². The van der Waals surface area contributed by atoms with Crippen molar-refractivity contribution >= 4 is 55.6 Å². The number of carbonyl (C=O) groups excluding carboxylic acids is 2. The van der Waals surface area contributed by atoms with E-state index in [1.54, 1.807) is 0 Å². The van der Waals surface area contributed by atoms with Crippen LogP contribution in [0.15, 0.2) is 106 Å². The number of rotatable bonds is 4. The van der Waals surface area contributed by atoms with Crippen LogP contribution < -0.4 is 11.1 Å². The first-order valence-corrected chi connectivity index (χ1v) is 14.3. The number of hydrogen-bond donors (Lipinski definition) is 2. The highest BCUT2D eigenvalue weighted by Crippen LogP contribution is 2.27. The van der Waals surface area contributed by atoms with E-state index in [4.69, 9.17) is 10.5 Å². The normalized spacial score (nSPS) is 13.6. The Hall–Kier alpha value is -3.42. The number of nitrogen functional groups attached to an aromatic ring is 1. The summed E-state index contributed by atoms with van der Waals surface area (Å²) in [7, 11) is 0. The first-order chi connectivity index (χ1) is 18.9. The summed E-state index contributed by atoms with van der Waals surface area (Å²) in [6.07, 6.45) is 3.50. The molecule has 2 aliphatic rings. The maximum Gasteiger partial charge on any atom is 0.293 e. The summed E-state index contributed by atoms with van der Waals surface area (Å²) in [5.74, 6) is 0.166. The topological polar surface area (TPSA) is 81.4 Å². The fourth-order valence-electron chi connectivity index (χ4n) is 4.68. The molecule has 0 unspecified atom stereocenters. The number of carbonyl (C=O) groups is 2. The van der Waals surface area contributed by atoms with Gasteiger partial charge in [-0.05, 0) is 83.6 Å². The number of nitrogens with one attached hydrogen (secondary N) is 1. The van der Waals surface area contributed by atoms with E-state index in [0.29, 0.717) is 6.47 Å². The Balaban J connectivity index is 0.000000150. The second kappa shape index (κ2) is 14.1. The largest absolute Gasteiger partial charge is 0.464 e. The van der Waals surface area contributed by atoms with E-state index < -0.39 is 0 Å². The summed E-state index contributed by atoms with van der Waals surface area (Å²) in [5, 5.41) is 2.99. The van der Waals surface area contributed by atoms with Gasteiger partial charge in [0.05, 0.1) is 0 Å². The van der Waals surface area contributed by atoms with Gasteiger partial charge in [0.2, 0.25) is 5.91 Å². The second-order valence-corrected chi connectivity index (χ2v) is 11.3. The number of anilines is 2. The highest BCUT2D eigenvalue weighted by Gasteiger charge is 2.27. The molecule has 0 bridgehead atoms. The lowest BCUT2D eigenvalue weighted by Crippen LogP contribution is -2.23. The molecule has 0 atom stereocenters. The van der Waals surface area contributed by atoms with Crippen LogP contribution in [0.5, 0.6) is 0 Å². The van der Waals surface area contributed by atoms with Crippen LogP contribution >= 0.6 is 31.9 Å². The molecular weight excluding hydrogens is 620 g/mol. The fourth-order valence-corrected chi connectivity index (χ4v) is 5.21. The van der Waals surface area contributed by atoms with Gasteiger partial charge < -0.3 is 15.8 Å². The molecule has 6 rings (SSSR count). The van der Waals surface area contributed by atoms with Crippen LogP contribution in [0.2, 0.25) is 0 Å². The molecule has 0 heterocycles. The minimum Gasteiger partial charge on any atom is -0.464 e. The summed E-state index contributed by atoms with van der Waals surface area (Å²) < 4.78 is 6.98. The minimum absolute atomic E-state index is 0.0565. The van der Waals surface area contributed by atoms with E-state index in [1.807, 2.05) is 72.8 Å². The average molecular weight is 650 g/mol. The molecule has 0 saturated heterocycles. The van der Waals surface area contributed by atoms with Gasteiger partial charge in [-0.3, -0.25) is 9.59 Å². The van der Waals surface area contributed by atoms with Gasteiger partial charge in [0.25, 0.3) is 6.47 Å². The van der Waals surface area contributed by atoms with Crippen LogP contribution in [-0.2, 0) is 40.0 Å². The Morgan fingerprint density at radius 2 is 1.15 bits per heavy atom. The predicted octanol–water partition coefficient (Wildman–Crippen LogP) is 7.16. The third kappa shape index (κ3) is 8.53. The molecule has 200 valence electrons. The number of hydrogen-bond acceptors (Lipinski definition) is 4. The van der Waals surface area contributed by atoms with Crippen molar-refractivity contribution in [2.24, 2.45) is 5.92 Å². The summed E-state index contributed by atoms with van der Waals surface area (Å²) in [4.78, 5) is 22.3. The standard InChI is InChI=1S/C16H14BrNO.C10H10O2.C6H6BrN/c17-14-5-7-15(8-6-14)18-16(19)13-9-11-3-1-2-4-12(11)10-13;11-7-12-10-5-8-3-1-2-4-9(8)6-10;7-5-1-3-6(8)4-2-5/h1-8,13H,9-10H2,(H,18,19);1-4,7,10H,5-6H2;1-4H,8H2. The third-order valence-electron chi connectivity index (χ3n) is 6.67. The van der Waals surface area contributed by atoms with Gasteiger partial charge in [-0.25, -0.2) is 0 Å². The molecule has 0 radical (unpaired) electrons. The third-order valence-corrected chi connectivity index (χ3v) is 7.72. The molecule has 0 spiro atoms. The van der Waals surface area contributed by atoms with E-state index in [2.05, 4.69) is 61.4 Å². The molecule has 0 aliphatic heterocycles. The molecule has 1 amide bonds. The van der Waals surface area contributed by atoms with Gasteiger partial charge in [-0.1, -0.05) is 80.4 Å². The Morgan fingerprint density at radius 1 is 0.718 bits per heavy atom. The van der Waals surface area contributed by atoms with Crippen LogP contribution in [0, 0.1) is 5.92 Å². The number of benzene rings is 4. The van der Waals surface area contributed by atoms with Gasteiger partial charge in [0.1, 0.15) is 6.10 Å². The van der Waals surface area contributed by atoms with E-state index in [-0.39, 0.29) is 17.9 Å². The zero-order valence-corrected chi connectivity index (χ0v) is 24.5. The van der Waals surface area contributed by atoms with Gasteiger partial charge in [0.15, 0.2) is 0 Å². The number of amides is 1. The number of halogens is 2. The van der Waals surface area contributed by atoms with Crippen LogP contribution in [0.4, 0.5) is 11.4 Å². The zero-order chi connectivity index (χ0) is 27.6. The van der Waals surface area contributed by atoms with E-state index in [1.165, 1.54) is 22.3 Å². The van der Waals surface area contributed by atoms with Gasteiger partial charge in [0, 0.05) is 39.1 Å². The lowest BCUT2D eigenvalue weighted by Gasteiger charge is -2.10. The van der Waals surface area contributed by atoms with Crippen molar-refractivity contribution in [1.82, 2.24) is 0 Å². The molecule has 0 fully saturated rings. The molecule has 39 heavy (non-hydrogen) atoms. The summed E-state index contributed by atoms with van der Waals surface area (Å²) in [6, 6.07) is 31.7. The van der Waals surface area contributed by atoms with Crippen molar-refractivity contribution in [1.29, 1.82) is 0 Å². The Labute approximate surface area is 246 Å². The SMILES string of the molecule is Nc1ccc(Br)cc1.O=C(Nc1ccc(Br)cc1)C1Cc2ccccc2C1.O=COC1Cc2ccccc2C1. The van der Waals surface area contributed by atoms with Crippen molar-refractivity contribution in [3.8, 4) is 0 Å². The molecule has 5 nitrogen and oxygen atoms in total. The highest BCUT2D eigenvalue weighted by atomic mass is 79.9. The van der Waals surface area contributed by atoms with Gasteiger partial charge in [-0.2, -0.15) is 0 Å². The van der Waals surface area contributed by atoms with Gasteiger partial charge in [-0.15, -0.1) is 0 Å². The highest BCUT2D eigenvalue weighted by molar-refractivity contribution is 9.10. The van der Waals surface area contributed by atoms with Crippen LogP contribution in [-0.4, -0.2) is 18.5 Å². The van der Waals surface area contributed by atoms with Crippen LogP contribution in [0.3, 0.4) is 0 Å². The van der Waals surface area contributed by atoms with Crippen molar-refractivity contribution in [3.05, 3.63) is 128 Å². The van der Waals surface area contributed by atoms with E-state index >= 15 is 0 Å². The van der Waals surface area contributed by atoms with Crippen molar-refractivity contribution in [2.75, 3.05) is 11.1 Å². The molecule has 0 saturated carbocycles. The van der Waals surface area contributed by atoms with Gasteiger partial charge >= 0.3 is 0 Å². The Bertz CT molecular complexity index is 1320. The first kappa shape index (κ1) is 28.6. The molecule has 3 N–H and O–H groups in total. The molecule has 2 aliphatic carbocycles.